The normalized spacial score (nSPS) is 37.3. The minimum absolute atomic E-state index is 0.270. The smallest absolute Gasteiger partial charge is 0.105 e. The molecule has 1 heterocycles. The summed E-state index contributed by atoms with van der Waals surface area (Å²) < 4.78 is 5.76. The third-order valence-corrected chi connectivity index (χ3v) is 6.09. The number of fused-ring (bicyclic) bond motifs is 1. The van der Waals surface area contributed by atoms with E-state index in [2.05, 4.69) is 40.4 Å². The Hall–Kier alpha value is -0.0151. The molecule has 0 radical (unpaired) electrons. The summed E-state index contributed by atoms with van der Waals surface area (Å²) in [6.07, 6.45) is 9.70. The lowest BCUT2D eigenvalue weighted by molar-refractivity contribution is -0.0994. The summed E-state index contributed by atoms with van der Waals surface area (Å²) in [4.78, 5) is 2.91. The highest BCUT2D eigenvalue weighted by Crippen LogP contribution is 2.46. The highest BCUT2D eigenvalue weighted by Gasteiger charge is 2.48. The fourth-order valence-corrected chi connectivity index (χ4v) is 5.69. The number of hydrogen-bond acceptors (Lipinski definition) is 2. The Morgan fingerprint density at radius 1 is 1.18 bits per heavy atom. The monoisotopic (exact) mass is 307 g/mol. The van der Waals surface area contributed by atoms with E-state index < -0.39 is 0 Å². The second kappa shape index (κ2) is 7.70. The Morgan fingerprint density at radius 2 is 1.91 bits per heavy atom. The second-order valence-electron chi connectivity index (χ2n) is 8.89. The Kier molecular flexibility index (Phi) is 6.42. The van der Waals surface area contributed by atoms with Crippen molar-refractivity contribution in [2.75, 3.05) is 13.7 Å². The van der Waals surface area contributed by atoms with Crippen LogP contribution in [0.5, 0.6) is 0 Å². The molecule has 2 aliphatic rings. The van der Waals surface area contributed by atoms with Crippen LogP contribution >= 0.6 is 0 Å². The van der Waals surface area contributed by atoms with E-state index in [1.807, 2.05) is 7.11 Å². The molecule has 2 fully saturated rings. The van der Waals surface area contributed by atoms with E-state index in [1.54, 1.807) is 0 Å². The Labute approximate surface area is 139 Å². The molecule has 0 aromatic heterocycles. The molecule has 0 amide bonds. The molecule has 2 rings (SSSR count). The lowest BCUT2D eigenvalue weighted by Gasteiger charge is -2.57. The number of rotatable bonds is 5. The highest BCUT2D eigenvalue weighted by molar-refractivity contribution is 6.11. The average Bonchev–Trinajstić information content (AvgIpc) is 2.58. The maximum atomic E-state index is 5.76. The minimum Gasteiger partial charge on any atom is -0.383 e. The van der Waals surface area contributed by atoms with E-state index in [0.29, 0.717) is 6.04 Å². The van der Waals surface area contributed by atoms with E-state index in [-0.39, 0.29) is 5.54 Å². The number of methoxy groups -OCH3 is 1. The highest BCUT2D eigenvalue weighted by atomic mass is 16.5. The molecule has 1 aliphatic carbocycles. The largest absolute Gasteiger partial charge is 0.383 e. The molecule has 1 aliphatic heterocycles. The van der Waals surface area contributed by atoms with Crippen molar-refractivity contribution in [2.45, 2.75) is 96.1 Å². The number of likely N-dealkylation sites (tertiary alicyclic amines) is 1. The van der Waals surface area contributed by atoms with Crippen LogP contribution in [0.15, 0.2) is 0 Å². The molecule has 4 unspecified atom stereocenters. The first-order valence-corrected chi connectivity index (χ1v) is 9.67. The molecule has 3 heteroatoms. The van der Waals surface area contributed by atoms with Crippen LogP contribution in [-0.4, -0.2) is 44.1 Å². The van der Waals surface area contributed by atoms with E-state index in [9.17, 15) is 0 Å². The maximum absolute atomic E-state index is 5.76. The van der Waals surface area contributed by atoms with E-state index in [0.717, 1.165) is 30.3 Å². The van der Waals surface area contributed by atoms with Crippen LogP contribution in [0.1, 0.15) is 72.6 Å². The minimum atomic E-state index is 0.270. The lowest BCUT2D eigenvalue weighted by atomic mass is 9.69. The Morgan fingerprint density at radius 3 is 2.50 bits per heavy atom. The predicted octanol–water partition coefficient (Wildman–Crippen LogP) is 3.90. The zero-order valence-electron chi connectivity index (χ0n) is 15.9. The molecule has 0 aromatic carbocycles. The van der Waals surface area contributed by atoms with Crippen molar-refractivity contribution in [2.24, 2.45) is 11.8 Å². The molecular formula is C19H38BNO. The summed E-state index contributed by atoms with van der Waals surface area (Å²) in [5, 5.41) is 0. The number of nitrogens with zero attached hydrogens (tertiary/aromatic N) is 1. The van der Waals surface area contributed by atoms with Crippen LogP contribution in [0.25, 0.3) is 0 Å². The van der Waals surface area contributed by atoms with Gasteiger partial charge in [-0.1, -0.05) is 38.9 Å². The molecule has 0 aromatic rings. The van der Waals surface area contributed by atoms with Crippen LogP contribution in [-0.2, 0) is 4.74 Å². The zero-order chi connectivity index (χ0) is 16.3. The van der Waals surface area contributed by atoms with Gasteiger partial charge >= 0.3 is 0 Å². The van der Waals surface area contributed by atoms with Crippen molar-refractivity contribution >= 4 is 7.85 Å². The van der Waals surface area contributed by atoms with Crippen LogP contribution in [0.3, 0.4) is 0 Å². The zero-order valence-corrected chi connectivity index (χ0v) is 15.9. The van der Waals surface area contributed by atoms with Gasteiger partial charge in [-0.15, -0.1) is 0 Å². The molecular weight excluding hydrogens is 269 g/mol. The fourth-order valence-electron chi connectivity index (χ4n) is 5.69. The fraction of sp³-hybridized carbons (Fsp3) is 1.00. The quantitative estimate of drug-likeness (QED) is 0.714. The standard InChI is InChI=1S/C19H38BNO/c1-14(2)12-19(13-22-5)10-9-16-11-17(20)7-6-8-18(16)21(19)15(3)4/h14-18H,6-13,20H2,1-5H3. The van der Waals surface area contributed by atoms with Crippen molar-refractivity contribution in [3.63, 3.8) is 0 Å². The van der Waals surface area contributed by atoms with Gasteiger partial charge < -0.3 is 4.74 Å². The van der Waals surface area contributed by atoms with Crippen molar-refractivity contribution < 1.29 is 4.74 Å². The second-order valence-corrected chi connectivity index (χ2v) is 8.89. The molecule has 0 spiro atoms. The van der Waals surface area contributed by atoms with Gasteiger partial charge in [0.1, 0.15) is 7.85 Å². The third-order valence-electron chi connectivity index (χ3n) is 6.09. The summed E-state index contributed by atoms with van der Waals surface area (Å²) >= 11 is 0. The third kappa shape index (κ3) is 3.90. The lowest BCUT2D eigenvalue weighted by Crippen LogP contribution is -2.64. The summed E-state index contributed by atoms with van der Waals surface area (Å²) in [5.41, 5.74) is 0.270. The molecule has 22 heavy (non-hydrogen) atoms. The molecule has 4 atom stereocenters. The van der Waals surface area contributed by atoms with E-state index in [4.69, 9.17) is 4.74 Å². The van der Waals surface area contributed by atoms with Crippen LogP contribution in [0.2, 0.25) is 5.82 Å². The maximum Gasteiger partial charge on any atom is 0.105 e. The van der Waals surface area contributed by atoms with Gasteiger partial charge in [-0.25, -0.2) is 0 Å². The molecule has 1 saturated heterocycles. The molecule has 0 bridgehead atoms. The van der Waals surface area contributed by atoms with E-state index in [1.165, 1.54) is 44.9 Å². The first-order valence-electron chi connectivity index (χ1n) is 9.67. The number of piperidine rings is 1. The molecule has 128 valence electrons. The molecule has 0 N–H and O–H groups in total. The number of ether oxygens (including phenoxy) is 1. The van der Waals surface area contributed by atoms with Gasteiger partial charge in [0, 0.05) is 24.7 Å². The van der Waals surface area contributed by atoms with Gasteiger partial charge in [0.25, 0.3) is 0 Å². The SMILES string of the molecule is BC1CCCC2C(CCC(COC)(CC(C)C)N2C(C)C)C1. The van der Waals surface area contributed by atoms with Gasteiger partial charge in [-0.05, 0) is 51.4 Å². The first-order chi connectivity index (χ1) is 10.4. The van der Waals surface area contributed by atoms with Gasteiger partial charge in [-0.3, -0.25) is 4.90 Å². The van der Waals surface area contributed by atoms with Crippen LogP contribution in [0.4, 0.5) is 0 Å². The average molecular weight is 307 g/mol. The van der Waals surface area contributed by atoms with Gasteiger partial charge in [0.2, 0.25) is 0 Å². The van der Waals surface area contributed by atoms with E-state index >= 15 is 0 Å². The van der Waals surface area contributed by atoms with Crippen molar-refractivity contribution in [3.05, 3.63) is 0 Å². The summed E-state index contributed by atoms with van der Waals surface area (Å²) in [5.74, 6) is 2.57. The topological polar surface area (TPSA) is 12.5 Å². The summed E-state index contributed by atoms with van der Waals surface area (Å²) in [6.45, 7) is 10.5. The summed E-state index contributed by atoms with van der Waals surface area (Å²) in [7, 11) is 4.36. The molecule has 1 saturated carbocycles. The van der Waals surface area contributed by atoms with Gasteiger partial charge in [0.05, 0.1) is 6.61 Å². The van der Waals surface area contributed by atoms with Crippen molar-refractivity contribution in [1.82, 2.24) is 4.90 Å². The Bertz CT molecular complexity index is 346. The molecule has 2 nitrogen and oxygen atoms in total. The van der Waals surface area contributed by atoms with Gasteiger partial charge in [0.15, 0.2) is 0 Å². The van der Waals surface area contributed by atoms with Crippen molar-refractivity contribution in [3.8, 4) is 0 Å². The summed E-state index contributed by atoms with van der Waals surface area (Å²) in [6, 6.07) is 1.41. The van der Waals surface area contributed by atoms with Gasteiger partial charge in [-0.2, -0.15) is 0 Å². The van der Waals surface area contributed by atoms with Crippen LogP contribution < -0.4 is 0 Å². The number of hydrogen-bond donors (Lipinski definition) is 0. The predicted molar refractivity (Wildman–Crippen MR) is 98.3 cm³/mol. The van der Waals surface area contributed by atoms with Crippen LogP contribution in [0, 0.1) is 11.8 Å². The Balaban J connectivity index is 2.30. The van der Waals surface area contributed by atoms with Crippen molar-refractivity contribution in [1.29, 1.82) is 0 Å². The first kappa shape index (κ1) is 18.3.